The molecule has 2 aromatic heterocycles. The molecule has 3 fully saturated rings. The van der Waals surface area contributed by atoms with E-state index in [0.29, 0.717) is 79.8 Å². The van der Waals surface area contributed by atoms with Crippen LogP contribution in [-0.4, -0.2) is 64.9 Å². The van der Waals surface area contributed by atoms with Gasteiger partial charge >= 0.3 is 6.18 Å². The molecule has 2 unspecified atom stereocenters. The van der Waals surface area contributed by atoms with Crippen LogP contribution in [0.5, 0.6) is 0 Å². The van der Waals surface area contributed by atoms with Crippen molar-refractivity contribution in [3.63, 3.8) is 0 Å². The Labute approximate surface area is 326 Å². The minimum atomic E-state index is -4.50. The van der Waals surface area contributed by atoms with Crippen molar-refractivity contribution < 1.29 is 36.2 Å². The zero-order valence-electron chi connectivity index (χ0n) is 32.8. The molecule has 0 amide bonds. The van der Waals surface area contributed by atoms with Crippen LogP contribution in [0.3, 0.4) is 0 Å². The number of alkyl halides is 6. The van der Waals surface area contributed by atoms with E-state index >= 15 is 4.39 Å². The number of nitrogens with zero attached hydrogens (tertiary/aromatic N) is 5. The molecule has 0 radical (unpaired) electrons. The summed E-state index contributed by atoms with van der Waals surface area (Å²) < 4.78 is 92.9. The lowest BCUT2D eigenvalue weighted by Gasteiger charge is -2.41. The summed E-state index contributed by atoms with van der Waals surface area (Å²) in [5, 5.41) is 11.7. The lowest BCUT2D eigenvalue weighted by molar-refractivity contribution is -0.0942. The predicted octanol–water partition coefficient (Wildman–Crippen LogP) is 10.5. The number of piperidine rings is 2. The molecular weight excluding hydrogens is 732 g/mol. The zero-order valence-corrected chi connectivity index (χ0v) is 32.8. The number of pyridine rings is 1. The van der Waals surface area contributed by atoms with Crippen LogP contribution in [0, 0.1) is 11.3 Å². The average molecular weight is 788 g/mol. The highest BCUT2D eigenvalue weighted by Crippen LogP contribution is 2.53. The van der Waals surface area contributed by atoms with E-state index < -0.39 is 35.9 Å². The van der Waals surface area contributed by atoms with E-state index in [1.165, 1.54) is 6.08 Å². The highest BCUT2D eigenvalue weighted by atomic mass is 19.4. The van der Waals surface area contributed by atoms with Crippen LogP contribution in [0.15, 0.2) is 48.0 Å². The second-order valence-corrected chi connectivity index (χ2v) is 17.3. The molecule has 2 aliphatic heterocycles. The van der Waals surface area contributed by atoms with Crippen LogP contribution < -0.4 is 9.80 Å². The molecule has 56 heavy (non-hydrogen) atoms. The van der Waals surface area contributed by atoms with Crippen molar-refractivity contribution in [1.82, 2.24) is 15.0 Å². The van der Waals surface area contributed by atoms with Crippen molar-refractivity contribution in [3.05, 3.63) is 76.1 Å². The second-order valence-electron chi connectivity index (χ2n) is 17.3. The maximum absolute atomic E-state index is 17.4. The van der Waals surface area contributed by atoms with Crippen molar-refractivity contribution in [3.8, 4) is 0 Å². The molecule has 7 nitrogen and oxygen atoms in total. The van der Waals surface area contributed by atoms with Gasteiger partial charge in [-0.15, -0.1) is 0 Å². The van der Waals surface area contributed by atoms with Crippen LogP contribution in [0.1, 0.15) is 144 Å². The predicted molar refractivity (Wildman–Crippen MR) is 205 cm³/mol. The smallest absolute Gasteiger partial charge is 0.412 e. The molecule has 13 heteroatoms. The molecule has 1 saturated carbocycles. The van der Waals surface area contributed by atoms with E-state index in [1.54, 1.807) is 0 Å². The summed E-state index contributed by atoms with van der Waals surface area (Å²) in [6.45, 7) is 13.6. The monoisotopic (exact) mass is 787 g/mol. The van der Waals surface area contributed by atoms with E-state index in [4.69, 9.17) is 19.7 Å². The topological polar surface area (TPSA) is 74.6 Å². The first-order valence-electron chi connectivity index (χ1n) is 20.4. The number of allylic oxidation sites excluding steroid dienone is 5. The van der Waals surface area contributed by atoms with E-state index in [0.717, 1.165) is 43.5 Å². The molecule has 0 bridgehead atoms. The molecule has 306 valence electrons. The first kappa shape index (κ1) is 40.6. The maximum atomic E-state index is 17.4. The Morgan fingerprint density at radius 1 is 0.929 bits per heavy atom. The third-order valence-corrected chi connectivity index (χ3v) is 12.8. The maximum Gasteiger partial charge on any atom is 0.412 e. The van der Waals surface area contributed by atoms with Crippen LogP contribution in [-0.2, 0) is 11.2 Å². The van der Waals surface area contributed by atoms with Gasteiger partial charge in [-0.2, -0.15) is 13.2 Å². The van der Waals surface area contributed by atoms with Crippen LogP contribution in [0.2, 0.25) is 0 Å². The van der Waals surface area contributed by atoms with E-state index in [-0.39, 0.29) is 61.0 Å². The lowest BCUT2D eigenvalue weighted by Crippen LogP contribution is -2.37. The molecule has 0 aromatic carbocycles. The Kier molecular flexibility index (Phi) is 11.6. The summed E-state index contributed by atoms with van der Waals surface area (Å²) in [7, 11) is 0. The molecule has 2 aromatic rings. The SMILES string of the molecule is C=C(OCC)C1CCN(c2cnc(N3CCC(c4nc5c(c(C6CCC(F)(F)CC6)c4C(F)C4=CC=C(C(F)(F)F)CC4)C(O)CC(C)(C)C5)CC3)nc2)CC1. The summed E-state index contributed by atoms with van der Waals surface area (Å²) in [6, 6.07) is 0. The molecule has 1 N–H and O–H groups in total. The number of fused-ring (bicyclic) bond motifs is 1. The highest BCUT2D eigenvalue weighted by Gasteiger charge is 2.44. The summed E-state index contributed by atoms with van der Waals surface area (Å²) in [6.07, 6.45) is 1.79. The number of hydrogen-bond donors (Lipinski definition) is 1. The third-order valence-electron chi connectivity index (χ3n) is 12.8. The number of ether oxygens (including phenoxy) is 1. The van der Waals surface area contributed by atoms with Gasteiger partial charge in [-0.3, -0.25) is 4.98 Å². The summed E-state index contributed by atoms with van der Waals surface area (Å²) in [5.74, 6) is -1.67. The standard InChI is InChI=1S/C43H55F6N5O2/c1-5-56-26(2)27-12-18-53(19-13-27)32-24-50-40(51-25-32)54-20-14-30(15-21-54)39-37(38(44)29-6-8-31(9-7-29)43(47,48)49)35(28-10-16-42(45,46)17-11-28)36-33(52-39)22-41(3,4)23-34(36)55/h6,8,24-25,27-28,30,34,38,55H,2,5,7,9-23H2,1,3-4H3. The van der Waals surface area contributed by atoms with Gasteiger partial charge in [0.2, 0.25) is 11.9 Å². The van der Waals surface area contributed by atoms with Crippen molar-refractivity contribution in [2.75, 3.05) is 42.6 Å². The average Bonchev–Trinajstić information content (AvgIpc) is 3.16. The minimum Gasteiger partial charge on any atom is -0.499 e. The van der Waals surface area contributed by atoms with Crippen LogP contribution in [0.25, 0.3) is 0 Å². The molecule has 3 aliphatic carbocycles. The number of hydrogen-bond acceptors (Lipinski definition) is 7. The molecule has 7 rings (SSSR count). The first-order valence-corrected chi connectivity index (χ1v) is 20.4. The number of aromatic nitrogens is 3. The quantitative estimate of drug-likeness (QED) is 0.200. The highest BCUT2D eigenvalue weighted by molar-refractivity contribution is 5.52. The van der Waals surface area contributed by atoms with Crippen LogP contribution in [0.4, 0.5) is 38.0 Å². The Bertz CT molecular complexity index is 1800. The summed E-state index contributed by atoms with van der Waals surface area (Å²) in [4.78, 5) is 19.0. The number of rotatable bonds is 9. The van der Waals surface area contributed by atoms with Crippen molar-refractivity contribution in [1.29, 1.82) is 0 Å². The molecule has 2 saturated heterocycles. The second kappa shape index (κ2) is 16.0. The van der Waals surface area contributed by atoms with E-state index in [9.17, 15) is 27.1 Å². The van der Waals surface area contributed by atoms with E-state index in [2.05, 4.69) is 30.2 Å². The number of aliphatic hydroxyl groups is 1. The normalized spacial score (nSPS) is 24.3. The lowest BCUT2D eigenvalue weighted by atomic mass is 9.68. The molecule has 4 heterocycles. The Hall–Kier alpha value is -3.61. The van der Waals surface area contributed by atoms with Crippen LogP contribution >= 0.6 is 0 Å². The number of aliphatic hydroxyl groups excluding tert-OH is 1. The van der Waals surface area contributed by atoms with Gasteiger partial charge in [-0.25, -0.2) is 23.1 Å². The van der Waals surface area contributed by atoms with Gasteiger partial charge in [0.1, 0.15) is 6.17 Å². The Morgan fingerprint density at radius 2 is 1.57 bits per heavy atom. The van der Waals surface area contributed by atoms with Crippen molar-refractivity contribution >= 4 is 11.6 Å². The fourth-order valence-electron chi connectivity index (χ4n) is 9.75. The minimum absolute atomic E-state index is 0.118. The van der Waals surface area contributed by atoms with Gasteiger partial charge in [-0.05, 0) is 93.6 Å². The van der Waals surface area contributed by atoms with Gasteiger partial charge in [-0.1, -0.05) is 32.6 Å². The third kappa shape index (κ3) is 8.62. The van der Waals surface area contributed by atoms with Gasteiger partial charge in [0.15, 0.2) is 0 Å². The summed E-state index contributed by atoms with van der Waals surface area (Å²) >= 11 is 0. The van der Waals surface area contributed by atoms with Gasteiger partial charge in [0.05, 0.1) is 42.2 Å². The van der Waals surface area contributed by atoms with Crippen molar-refractivity contribution in [2.24, 2.45) is 11.3 Å². The summed E-state index contributed by atoms with van der Waals surface area (Å²) in [5.41, 5.74) is 2.77. The van der Waals surface area contributed by atoms with Crippen molar-refractivity contribution in [2.45, 2.75) is 134 Å². The molecular formula is C43H55F6N5O2. The Balaban J connectivity index is 1.18. The fourth-order valence-corrected chi connectivity index (χ4v) is 9.75. The molecule has 2 atom stereocenters. The first-order chi connectivity index (χ1) is 26.5. The number of halogens is 6. The molecule has 5 aliphatic rings. The van der Waals surface area contributed by atoms with E-state index in [1.807, 2.05) is 19.3 Å². The number of anilines is 2. The fraction of sp³-hybridized carbons (Fsp3) is 0.651. The zero-order chi connectivity index (χ0) is 40.0. The molecule has 0 spiro atoms. The van der Waals surface area contributed by atoms with Gasteiger partial charge < -0.3 is 19.6 Å². The largest absolute Gasteiger partial charge is 0.499 e. The van der Waals surface area contributed by atoms with Gasteiger partial charge in [0.25, 0.3) is 0 Å². The Morgan fingerprint density at radius 3 is 2.16 bits per heavy atom. The van der Waals surface area contributed by atoms with Gasteiger partial charge in [0, 0.05) is 73.3 Å².